The van der Waals surface area contributed by atoms with Crippen LogP contribution in [0.3, 0.4) is 0 Å². The Kier molecular flexibility index (Phi) is 16.2. The van der Waals surface area contributed by atoms with Crippen molar-refractivity contribution >= 4 is 0 Å². The summed E-state index contributed by atoms with van der Waals surface area (Å²) in [7, 11) is 0. The smallest absolute Gasteiger partial charge is 0.0110 e. The molecule has 6 nitrogen and oxygen atoms in total. The van der Waals surface area contributed by atoms with E-state index in [4.69, 9.17) is 0 Å². The molecule has 4 N–H and O–H groups in total. The van der Waals surface area contributed by atoms with E-state index in [1.54, 1.807) is 0 Å². The molecule has 0 spiro atoms. The summed E-state index contributed by atoms with van der Waals surface area (Å²) in [5, 5.41) is 14.1. The van der Waals surface area contributed by atoms with Gasteiger partial charge in [0.25, 0.3) is 0 Å². The minimum absolute atomic E-state index is 0.604. The van der Waals surface area contributed by atoms with Gasteiger partial charge < -0.3 is 31.1 Å². The maximum absolute atomic E-state index is 3.58. The highest BCUT2D eigenvalue weighted by Gasteiger charge is 2.15. The minimum Gasteiger partial charge on any atom is -0.317 e. The average Bonchev–Trinajstić information content (AvgIpc) is 2.66. The van der Waals surface area contributed by atoms with E-state index in [-0.39, 0.29) is 0 Å². The predicted octanol–water partition coefficient (Wildman–Crippen LogP) is 1.34. The molecule has 0 aliphatic carbocycles. The van der Waals surface area contributed by atoms with Crippen molar-refractivity contribution in [1.29, 1.82) is 0 Å². The lowest BCUT2D eigenvalue weighted by atomic mass is 10.2. The average molecular weight is 399 g/mol. The molecule has 0 radical (unpaired) electrons. The molecule has 0 aromatic carbocycles. The van der Waals surface area contributed by atoms with Gasteiger partial charge in [-0.05, 0) is 78.0 Å². The van der Waals surface area contributed by atoms with Crippen molar-refractivity contribution in [2.45, 2.75) is 65.5 Å². The highest BCUT2D eigenvalue weighted by molar-refractivity contribution is 4.72. The molecule has 1 aliphatic rings. The first-order chi connectivity index (χ1) is 13.6. The van der Waals surface area contributed by atoms with E-state index < -0.39 is 0 Å². The Labute approximate surface area is 175 Å². The Bertz CT molecular complexity index is 297. The van der Waals surface area contributed by atoms with E-state index in [2.05, 4.69) is 58.8 Å². The summed E-state index contributed by atoms with van der Waals surface area (Å²) in [6.07, 6.45) is 4.99. The van der Waals surface area contributed by atoms with E-state index in [0.29, 0.717) is 12.1 Å². The SMILES string of the molecule is CC(C)NCCCNCCCN1CCN(CCCNCCCNC(C)C)CC1. The van der Waals surface area contributed by atoms with Crippen LogP contribution < -0.4 is 21.3 Å². The third-order valence-corrected chi connectivity index (χ3v) is 5.29. The van der Waals surface area contributed by atoms with Crippen molar-refractivity contribution in [3.05, 3.63) is 0 Å². The molecule has 1 aliphatic heterocycles. The van der Waals surface area contributed by atoms with Gasteiger partial charge in [0.1, 0.15) is 0 Å². The summed E-state index contributed by atoms with van der Waals surface area (Å²) < 4.78 is 0. The number of piperazine rings is 1. The zero-order chi connectivity index (χ0) is 20.5. The largest absolute Gasteiger partial charge is 0.317 e. The normalized spacial score (nSPS) is 16.5. The first kappa shape index (κ1) is 25.8. The fourth-order valence-electron chi connectivity index (χ4n) is 3.55. The van der Waals surface area contributed by atoms with Gasteiger partial charge in [0.05, 0.1) is 0 Å². The number of nitrogens with one attached hydrogen (secondary N) is 4. The van der Waals surface area contributed by atoms with E-state index in [1.165, 1.54) is 65.0 Å². The van der Waals surface area contributed by atoms with Crippen LogP contribution in [0.15, 0.2) is 0 Å². The van der Waals surface area contributed by atoms with E-state index in [9.17, 15) is 0 Å². The van der Waals surface area contributed by atoms with Crippen molar-refractivity contribution in [3.63, 3.8) is 0 Å². The Hall–Kier alpha value is -0.240. The molecule has 0 aromatic heterocycles. The minimum atomic E-state index is 0.604. The fourth-order valence-corrected chi connectivity index (χ4v) is 3.55. The first-order valence-electron chi connectivity index (χ1n) is 11.9. The van der Waals surface area contributed by atoms with Crippen LogP contribution in [0.5, 0.6) is 0 Å². The van der Waals surface area contributed by atoms with Crippen LogP contribution in [0.4, 0.5) is 0 Å². The standard InChI is InChI=1S/C22H50N6/c1-21(2)25-13-5-9-23-11-7-15-27-17-19-28(20-18-27)16-8-12-24-10-6-14-26-22(3)4/h21-26H,5-20H2,1-4H3. The molecule has 1 fully saturated rings. The zero-order valence-corrected chi connectivity index (χ0v) is 19.4. The van der Waals surface area contributed by atoms with E-state index in [1.807, 2.05) is 0 Å². The molecule has 1 saturated heterocycles. The molecule has 0 aromatic rings. The maximum Gasteiger partial charge on any atom is 0.0110 e. The second-order valence-electron chi connectivity index (χ2n) is 8.82. The molecule has 6 heteroatoms. The Morgan fingerprint density at radius 1 is 0.536 bits per heavy atom. The monoisotopic (exact) mass is 398 g/mol. The molecule has 1 rings (SSSR count). The van der Waals surface area contributed by atoms with Gasteiger partial charge in [-0.2, -0.15) is 0 Å². The summed E-state index contributed by atoms with van der Waals surface area (Å²) >= 11 is 0. The van der Waals surface area contributed by atoms with Gasteiger partial charge in [-0.3, -0.25) is 0 Å². The molecule has 28 heavy (non-hydrogen) atoms. The van der Waals surface area contributed by atoms with Gasteiger partial charge >= 0.3 is 0 Å². The maximum atomic E-state index is 3.58. The van der Waals surface area contributed by atoms with Gasteiger partial charge in [-0.15, -0.1) is 0 Å². The van der Waals surface area contributed by atoms with Gasteiger partial charge in [-0.25, -0.2) is 0 Å². The summed E-state index contributed by atoms with van der Waals surface area (Å²) in [5.41, 5.74) is 0. The van der Waals surface area contributed by atoms with Gasteiger partial charge in [0.15, 0.2) is 0 Å². The van der Waals surface area contributed by atoms with Crippen LogP contribution in [0, 0.1) is 0 Å². The highest BCUT2D eigenvalue weighted by atomic mass is 15.3. The lowest BCUT2D eigenvalue weighted by Crippen LogP contribution is -2.47. The van der Waals surface area contributed by atoms with Crippen molar-refractivity contribution in [2.24, 2.45) is 0 Å². The number of nitrogens with zero attached hydrogens (tertiary/aromatic N) is 2. The lowest BCUT2D eigenvalue weighted by molar-refractivity contribution is 0.130. The second kappa shape index (κ2) is 17.6. The summed E-state index contributed by atoms with van der Waals surface area (Å²) in [6, 6.07) is 1.21. The molecule has 168 valence electrons. The second-order valence-corrected chi connectivity index (χ2v) is 8.82. The molecule has 1 heterocycles. The van der Waals surface area contributed by atoms with Crippen LogP contribution in [0.1, 0.15) is 53.4 Å². The van der Waals surface area contributed by atoms with Crippen molar-refractivity contribution in [3.8, 4) is 0 Å². The quantitative estimate of drug-likeness (QED) is 0.262. The van der Waals surface area contributed by atoms with Crippen LogP contribution in [-0.4, -0.2) is 100 Å². The van der Waals surface area contributed by atoms with Crippen LogP contribution >= 0.6 is 0 Å². The lowest BCUT2D eigenvalue weighted by Gasteiger charge is -2.34. The van der Waals surface area contributed by atoms with Crippen LogP contribution in [0.2, 0.25) is 0 Å². The summed E-state index contributed by atoms with van der Waals surface area (Å²) in [4.78, 5) is 5.27. The highest BCUT2D eigenvalue weighted by Crippen LogP contribution is 2.03. The van der Waals surface area contributed by atoms with Crippen molar-refractivity contribution in [1.82, 2.24) is 31.1 Å². The molecule has 0 amide bonds. The third kappa shape index (κ3) is 15.7. The van der Waals surface area contributed by atoms with Crippen LogP contribution in [0.25, 0.3) is 0 Å². The zero-order valence-electron chi connectivity index (χ0n) is 19.4. The molecule has 0 unspecified atom stereocenters. The topological polar surface area (TPSA) is 54.6 Å². The van der Waals surface area contributed by atoms with Gasteiger partial charge in [0.2, 0.25) is 0 Å². The Morgan fingerprint density at radius 3 is 1.25 bits per heavy atom. The van der Waals surface area contributed by atoms with E-state index in [0.717, 1.165) is 39.3 Å². The molecule has 0 saturated carbocycles. The number of rotatable bonds is 18. The molecule has 0 bridgehead atoms. The fraction of sp³-hybridized carbons (Fsp3) is 1.00. The van der Waals surface area contributed by atoms with E-state index >= 15 is 0 Å². The number of hydrogen-bond acceptors (Lipinski definition) is 6. The van der Waals surface area contributed by atoms with Crippen molar-refractivity contribution in [2.75, 3.05) is 78.5 Å². The summed E-state index contributed by atoms with van der Waals surface area (Å²) in [5.74, 6) is 0. The molecule has 0 atom stereocenters. The van der Waals surface area contributed by atoms with Gasteiger partial charge in [-0.1, -0.05) is 27.7 Å². The molecular weight excluding hydrogens is 348 g/mol. The Morgan fingerprint density at radius 2 is 0.893 bits per heavy atom. The van der Waals surface area contributed by atoms with Gasteiger partial charge in [0, 0.05) is 38.3 Å². The van der Waals surface area contributed by atoms with Crippen molar-refractivity contribution < 1.29 is 0 Å². The Balaban J connectivity index is 1.84. The number of hydrogen-bond donors (Lipinski definition) is 4. The molecular formula is C22H50N6. The van der Waals surface area contributed by atoms with Crippen LogP contribution in [-0.2, 0) is 0 Å². The predicted molar refractivity (Wildman–Crippen MR) is 123 cm³/mol. The first-order valence-corrected chi connectivity index (χ1v) is 11.9. The summed E-state index contributed by atoms with van der Waals surface area (Å²) in [6.45, 7) is 23.1. The third-order valence-electron chi connectivity index (χ3n) is 5.29.